The summed E-state index contributed by atoms with van der Waals surface area (Å²) in [5, 5.41) is 0. The maximum atomic E-state index is 11.8. The number of rotatable bonds is 1. The minimum atomic E-state index is -0.320. The minimum Gasteiger partial charge on any atom is -0.299 e. The van der Waals surface area contributed by atoms with Crippen molar-refractivity contribution in [1.82, 2.24) is 0 Å². The van der Waals surface area contributed by atoms with E-state index in [-0.39, 0.29) is 22.8 Å². The molecule has 15 heavy (non-hydrogen) atoms. The first-order chi connectivity index (χ1) is 6.88. The number of fused-ring (bicyclic) bond motifs is 1. The lowest BCUT2D eigenvalue weighted by atomic mass is 9.50. The fourth-order valence-electron chi connectivity index (χ4n) is 3.22. The van der Waals surface area contributed by atoms with Crippen LogP contribution >= 0.6 is 0 Å². The average molecular weight is 207 g/mol. The summed E-state index contributed by atoms with van der Waals surface area (Å²) >= 11 is 0. The molecule has 0 aliphatic heterocycles. The molecule has 3 heteroatoms. The smallest absolute Gasteiger partial charge is 0.235 e. The third-order valence-corrected chi connectivity index (χ3v) is 4.06. The first kappa shape index (κ1) is 10.6. The van der Waals surface area contributed by atoms with Crippen LogP contribution in [0.5, 0.6) is 0 Å². The van der Waals surface area contributed by atoms with Crippen LogP contribution in [0, 0.1) is 17.3 Å². The summed E-state index contributed by atoms with van der Waals surface area (Å²) in [4.78, 5) is 26.1. The Morgan fingerprint density at radius 1 is 1.33 bits per heavy atom. The summed E-state index contributed by atoms with van der Waals surface area (Å²) < 4.78 is 0. The largest absolute Gasteiger partial charge is 0.299 e. The zero-order chi connectivity index (χ0) is 11.3. The topological polar surface area (TPSA) is 46.5 Å². The fourth-order valence-corrected chi connectivity index (χ4v) is 3.22. The van der Waals surface area contributed by atoms with Crippen molar-refractivity contribution in [1.29, 1.82) is 0 Å². The van der Waals surface area contributed by atoms with Gasteiger partial charge in [-0.1, -0.05) is 13.8 Å². The van der Waals surface area contributed by atoms with E-state index in [4.69, 9.17) is 0 Å². The first-order valence-corrected chi connectivity index (χ1v) is 5.50. The predicted molar refractivity (Wildman–Crippen MR) is 56.1 cm³/mol. The van der Waals surface area contributed by atoms with Crippen molar-refractivity contribution in [3.63, 3.8) is 0 Å². The number of aliphatic imine (C=N–C) groups is 1. The van der Waals surface area contributed by atoms with Crippen molar-refractivity contribution in [2.45, 2.75) is 45.6 Å². The summed E-state index contributed by atoms with van der Waals surface area (Å²) in [7, 11) is 0. The van der Waals surface area contributed by atoms with Crippen LogP contribution in [0.25, 0.3) is 0 Å². The molecule has 0 N–H and O–H groups in total. The van der Waals surface area contributed by atoms with E-state index >= 15 is 0 Å². The highest BCUT2D eigenvalue weighted by atomic mass is 16.1. The molecule has 0 aromatic carbocycles. The number of carbonyl (C=O) groups excluding carboxylic acids is 2. The second kappa shape index (κ2) is 3.02. The Balaban J connectivity index is 2.23. The lowest BCUT2D eigenvalue weighted by Crippen LogP contribution is -2.58. The van der Waals surface area contributed by atoms with Crippen molar-refractivity contribution in [3.05, 3.63) is 0 Å². The Bertz CT molecular complexity index is 355. The van der Waals surface area contributed by atoms with Crippen LogP contribution in [0.15, 0.2) is 4.99 Å². The third kappa shape index (κ3) is 1.55. The minimum absolute atomic E-state index is 0.0678. The maximum Gasteiger partial charge on any atom is 0.235 e. The molecule has 82 valence electrons. The third-order valence-electron chi connectivity index (χ3n) is 4.06. The summed E-state index contributed by atoms with van der Waals surface area (Å²) in [6.45, 7) is 6.20. The van der Waals surface area contributed by atoms with Gasteiger partial charge in [-0.2, -0.15) is 4.99 Å². The molecule has 0 spiro atoms. The zero-order valence-corrected chi connectivity index (χ0v) is 9.54. The molecule has 0 saturated heterocycles. The Kier molecular flexibility index (Phi) is 2.13. The molecule has 0 aromatic rings. The van der Waals surface area contributed by atoms with Gasteiger partial charge < -0.3 is 0 Å². The highest BCUT2D eigenvalue weighted by Gasteiger charge is 2.58. The van der Waals surface area contributed by atoms with Crippen LogP contribution in [0.3, 0.4) is 0 Å². The number of carbonyl (C=O) groups is 1. The van der Waals surface area contributed by atoms with Crippen LogP contribution < -0.4 is 0 Å². The van der Waals surface area contributed by atoms with Gasteiger partial charge in [0.1, 0.15) is 5.78 Å². The first-order valence-electron chi connectivity index (χ1n) is 5.50. The van der Waals surface area contributed by atoms with Crippen molar-refractivity contribution in [3.8, 4) is 0 Å². The second-order valence-electron chi connectivity index (χ2n) is 5.99. The van der Waals surface area contributed by atoms with Crippen LogP contribution in [0.1, 0.15) is 40.0 Å². The molecule has 0 heterocycles. The highest BCUT2D eigenvalue weighted by Crippen LogP contribution is 2.56. The summed E-state index contributed by atoms with van der Waals surface area (Å²) in [5.41, 5.74) is -0.252. The monoisotopic (exact) mass is 207 g/mol. The van der Waals surface area contributed by atoms with Gasteiger partial charge in [0.2, 0.25) is 6.08 Å². The summed E-state index contributed by atoms with van der Waals surface area (Å²) in [6.07, 6.45) is 4.05. The summed E-state index contributed by atoms with van der Waals surface area (Å²) in [6, 6.07) is 0. The molecule has 2 aliphatic rings. The quantitative estimate of drug-likeness (QED) is 0.488. The SMILES string of the molecule is CC1(C)CC(=O)[C@H]2C[C@](C)(N=C=O)[C@@H]2C1. The molecule has 3 nitrogen and oxygen atoms in total. The molecule has 0 aromatic heterocycles. The number of isocyanates is 1. The van der Waals surface area contributed by atoms with Gasteiger partial charge in [0, 0.05) is 12.3 Å². The van der Waals surface area contributed by atoms with Crippen molar-refractivity contribution >= 4 is 11.9 Å². The molecular formula is C12H17NO2. The van der Waals surface area contributed by atoms with Gasteiger partial charge >= 0.3 is 0 Å². The van der Waals surface area contributed by atoms with Crippen molar-refractivity contribution in [2.75, 3.05) is 0 Å². The Labute approximate surface area is 90.0 Å². The zero-order valence-electron chi connectivity index (χ0n) is 9.54. The molecule has 3 atom stereocenters. The van der Waals surface area contributed by atoms with Gasteiger partial charge in [0.25, 0.3) is 0 Å². The van der Waals surface area contributed by atoms with E-state index in [0.717, 1.165) is 12.8 Å². The second-order valence-corrected chi connectivity index (χ2v) is 5.99. The van der Waals surface area contributed by atoms with Crippen molar-refractivity contribution in [2.24, 2.45) is 22.2 Å². The molecule has 0 amide bonds. The normalized spacial score (nSPS) is 42.5. The van der Waals surface area contributed by atoms with E-state index in [2.05, 4.69) is 18.8 Å². The standard InChI is InChI=1S/C12H17NO2/c1-11(2)5-9-8(10(15)6-11)4-12(9,3)13-7-14/h8-9H,4-6H2,1-3H3/t8-,9+,12-/m0/s1. The van der Waals surface area contributed by atoms with E-state index in [1.807, 2.05) is 6.92 Å². The van der Waals surface area contributed by atoms with Crippen LogP contribution in [-0.2, 0) is 9.59 Å². The number of ketones is 1. The molecule has 2 rings (SSSR count). The number of nitrogens with zero attached hydrogens (tertiary/aromatic N) is 1. The molecule has 2 aliphatic carbocycles. The molecule has 2 fully saturated rings. The van der Waals surface area contributed by atoms with Gasteiger partial charge in [-0.05, 0) is 31.1 Å². The van der Waals surface area contributed by atoms with E-state index in [1.165, 1.54) is 0 Å². The van der Waals surface area contributed by atoms with Crippen LogP contribution in [-0.4, -0.2) is 17.4 Å². The number of hydrogen-bond acceptors (Lipinski definition) is 3. The molecule has 0 bridgehead atoms. The fraction of sp³-hybridized carbons (Fsp3) is 0.833. The molecule has 2 saturated carbocycles. The van der Waals surface area contributed by atoms with Gasteiger partial charge in [0.05, 0.1) is 5.54 Å². The molecule has 0 unspecified atom stereocenters. The van der Waals surface area contributed by atoms with Gasteiger partial charge in [0.15, 0.2) is 0 Å². The maximum absolute atomic E-state index is 11.8. The molecule has 0 radical (unpaired) electrons. The lowest BCUT2D eigenvalue weighted by molar-refractivity contribution is -0.142. The van der Waals surface area contributed by atoms with Gasteiger partial charge in [-0.15, -0.1) is 0 Å². The van der Waals surface area contributed by atoms with Gasteiger partial charge in [-0.3, -0.25) is 4.79 Å². The van der Waals surface area contributed by atoms with E-state index in [0.29, 0.717) is 12.2 Å². The van der Waals surface area contributed by atoms with Crippen molar-refractivity contribution < 1.29 is 9.59 Å². The van der Waals surface area contributed by atoms with E-state index in [9.17, 15) is 9.59 Å². The number of hydrogen-bond donors (Lipinski definition) is 0. The highest BCUT2D eigenvalue weighted by molar-refractivity contribution is 5.84. The van der Waals surface area contributed by atoms with E-state index in [1.54, 1.807) is 6.08 Å². The Morgan fingerprint density at radius 2 is 2.00 bits per heavy atom. The number of Topliss-reactive ketones (excluding diaryl/α,β-unsaturated/α-hetero) is 1. The van der Waals surface area contributed by atoms with Crippen LogP contribution in [0.4, 0.5) is 0 Å². The predicted octanol–water partition coefficient (Wildman–Crippen LogP) is 2.11. The lowest BCUT2D eigenvalue weighted by Gasteiger charge is -2.55. The van der Waals surface area contributed by atoms with E-state index < -0.39 is 0 Å². The summed E-state index contributed by atoms with van der Waals surface area (Å²) in [5.74, 6) is 0.769. The average Bonchev–Trinajstić information content (AvgIpc) is 2.09. The van der Waals surface area contributed by atoms with Gasteiger partial charge in [-0.25, -0.2) is 4.79 Å². The Morgan fingerprint density at radius 3 is 2.60 bits per heavy atom. The Hall–Kier alpha value is -0.950. The molecular weight excluding hydrogens is 190 g/mol. The van der Waals surface area contributed by atoms with Crippen LogP contribution in [0.2, 0.25) is 0 Å².